The number of hydrogen-bond donors (Lipinski definition) is 2. The normalized spacial score (nSPS) is 10.2. The molecule has 0 aromatic heterocycles. The van der Waals surface area contributed by atoms with Gasteiger partial charge in [-0.1, -0.05) is 24.3 Å². The van der Waals surface area contributed by atoms with Gasteiger partial charge in [0, 0.05) is 5.56 Å². The highest BCUT2D eigenvalue weighted by molar-refractivity contribution is 5.95. The van der Waals surface area contributed by atoms with E-state index in [0.717, 1.165) is 11.1 Å². The quantitative estimate of drug-likeness (QED) is 0.655. The zero-order valence-electron chi connectivity index (χ0n) is 12.3. The second-order valence-corrected chi connectivity index (χ2v) is 4.89. The second kappa shape index (κ2) is 6.79. The van der Waals surface area contributed by atoms with E-state index in [4.69, 9.17) is 10.5 Å². The lowest BCUT2D eigenvalue weighted by Gasteiger charge is -2.11. The number of nitrogen functional groups attached to an aromatic ring is 1. The van der Waals surface area contributed by atoms with Crippen LogP contribution >= 0.6 is 0 Å². The largest absolute Gasteiger partial charge is 0.490 e. The van der Waals surface area contributed by atoms with Crippen LogP contribution in [0.4, 0.5) is 5.69 Å². The Kier molecular flexibility index (Phi) is 4.82. The molecule has 0 fully saturated rings. The maximum absolute atomic E-state index is 12.1. The fourth-order valence-corrected chi connectivity index (χ4v) is 2.03. The van der Waals surface area contributed by atoms with E-state index in [1.807, 2.05) is 50.2 Å². The van der Waals surface area contributed by atoms with Gasteiger partial charge in [-0.25, -0.2) is 0 Å². The Balaban J connectivity index is 1.85. The van der Waals surface area contributed by atoms with E-state index in [2.05, 4.69) is 5.32 Å². The van der Waals surface area contributed by atoms with Crippen LogP contribution in [0.3, 0.4) is 0 Å². The molecule has 2 aromatic carbocycles. The Hall–Kier alpha value is -2.49. The van der Waals surface area contributed by atoms with E-state index in [-0.39, 0.29) is 5.91 Å². The number of rotatable bonds is 5. The molecule has 0 bridgehead atoms. The summed E-state index contributed by atoms with van der Waals surface area (Å²) in [5, 5.41) is 2.85. The van der Waals surface area contributed by atoms with Gasteiger partial charge < -0.3 is 15.8 Å². The third-order valence-corrected chi connectivity index (χ3v) is 3.41. The number of para-hydroxylation sites is 2. The summed E-state index contributed by atoms with van der Waals surface area (Å²) in [5.74, 6) is 0.555. The molecule has 0 aliphatic heterocycles. The molecule has 2 rings (SSSR count). The van der Waals surface area contributed by atoms with Gasteiger partial charge in [-0.05, 0) is 43.2 Å². The van der Waals surface area contributed by atoms with Crippen LogP contribution in [0.15, 0.2) is 42.5 Å². The molecule has 4 nitrogen and oxygen atoms in total. The molecule has 0 saturated heterocycles. The van der Waals surface area contributed by atoms with Gasteiger partial charge in [0.25, 0.3) is 5.91 Å². The Morgan fingerprint density at radius 3 is 2.67 bits per heavy atom. The number of nitrogens with one attached hydrogen (secondary N) is 1. The minimum Gasteiger partial charge on any atom is -0.490 e. The SMILES string of the molecule is Cc1cccc(C(=O)NCCOc2ccccc2N)c1C. The Morgan fingerprint density at radius 2 is 1.90 bits per heavy atom. The smallest absolute Gasteiger partial charge is 0.251 e. The van der Waals surface area contributed by atoms with Crippen LogP contribution in [0.2, 0.25) is 0 Å². The van der Waals surface area contributed by atoms with Gasteiger partial charge in [0.1, 0.15) is 12.4 Å². The van der Waals surface area contributed by atoms with Gasteiger partial charge in [0.2, 0.25) is 0 Å². The summed E-state index contributed by atoms with van der Waals surface area (Å²) >= 11 is 0. The van der Waals surface area contributed by atoms with E-state index in [1.165, 1.54) is 0 Å². The molecule has 21 heavy (non-hydrogen) atoms. The molecule has 0 radical (unpaired) electrons. The topological polar surface area (TPSA) is 64.3 Å². The molecule has 0 atom stereocenters. The molecular formula is C17H20N2O2. The molecule has 0 unspecified atom stereocenters. The first-order valence-electron chi connectivity index (χ1n) is 6.91. The Labute approximate surface area is 124 Å². The van der Waals surface area contributed by atoms with Crippen molar-refractivity contribution in [2.75, 3.05) is 18.9 Å². The molecule has 0 spiro atoms. The first-order valence-corrected chi connectivity index (χ1v) is 6.91. The van der Waals surface area contributed by atoms with Crippen molar-refractivity contribution >= 4 is 11.6 Å². The van der Waals surface area contributed by atoms with Crippen LogP contribution in [-0.4, -0.2) is 19.1 Å². The van der Waals surface area contributed by atoms with Gasteiger partial charge >= 0.3 is 0 Å². The molecule has 0 aliphatic carbocycles. The highest BCUT2D eigenvalue weighted by Gasteiger charge is 2.09. The van der Waals surface area contributed by atoms with Crippen molar-refractivity contribution in [3.8, 4) is 5.75 Å². The summed E-state index contributed by atoms with van der Waals surface area (Å²) in [6.07, 6.45) is 0. The average Bonchev–Trinajstić information content (AvgIpc) is 2.48. The molecule has 0 saturated carbocycles. The maximum Gasteiger partial charge on any atom is 0.251 e. The fraction of sp³-hybridized carbons (Fsp3) is 0.235. The molecule has 3 N–H and O–H groups in total. The molecule has 4 heteroatoms. The fourth-order valence-electron chi connectivity index (χ4n) is 2.03. The number of benzene rings is 2. The van der Waals surface area contributed by atoms with E-state index in [9.17, 15) is 4.79 Å². The Morgan fingerprint density at radius 1 is 1.14 bits per heavy atom. The zero-order chi connectivity index (χ0) is 15.2. The predicted molar refractivity (Wildman–Crippen MR) is 84.6 cm³/mol. The van der Waals surface area contributed by atoms with Crippen LogP contribution in [-0.2, 0) is 0 Å². The minimum atomic E-state index is -0.0826. The third-order valence-electron chi connectivity index (χ3n) is 3.41. The number of hydrogen-bond acceptors (Lipinski definition) is 3. The summed E-state index contributed by atoms with van der Waals surface area (Å²) in [6, 6.07) is 13.0. The van der Waals surface area contributed by atoms with Gasteiger partial charge in [0.15, 0.2) is 0 Å². The lowest BCUT2D eigenvalue weighted by molar-refractivity contribution is 0.0946. The van der Waals surface area contributed by atoms with Crippen molar-refractivity contribution in [2.24, 2.45) is 0 Å². The molecule has 110 valence electrons. The van der Waals surface area contributed by atoms with E-state index in [0.29, 0.717) is 30.2 Å². The van der Waals surface area contributed by atoms with Gasteiger partial charge in [0.05, 0.1) is 12.2 Å². The van der Waals surface area contributed by atoms with Crippen LogP contribution in [0.5, 0.6) is 5.75 Å². The molecule has 1 amide bonds. The predicted octanol–water partition coefficient (Wildman–Crippen LogP) is 2.69. The van der Waals surface area contributed by atoms with Crippen LogP contribution in [0, 0.1) is 13.8 Å². The lowest BCUT2D eigenvalue weighted by atomic mass is 10.0. The second-order valence-electron chi connectivity index (χ2n) is 4.89. The standard InChI is InChI=1S/C17H20N2O2/c1-12-6-5-7-14(13(12)2)17(20)19-10-11-21-16-9-4-3-8-15(16)18/h3-9H,10-11,18H2,1-2H3,(H,19,20). The minimum absolute atomic E-state index is 0.0826. The summed E-state index contributed by atoms with van der Waals surface area (Å²) < 4.78 is 5.54. The average molecular weight is 284 g/mol. The van der Waals surface area contributed by atoms with Crippen LogP contribution < -0.4 is 15.8 Å². The van der Waals surface area contributed by atoms with Gasteiger partial charge in [-0.15, -0.1) is 0 Å². The van der Waals surface area contributed by atoms with Crippen LogP contribution in [0.1, 0.15) is 21.5 Å². The summed E-state index contributed by atoms with van der Waals surface area (Å²) in [7, 11) is 0. The highest BCUT2D eigenvalue weighted by atomic mass is 16.5. The van der Waals surface area contributed by atoms with Crippen molar-refractivity contribution in [3.05, 3.63) is 59.2 Å². The van der Waals surface area contributed by atoms with E-state index < -0.39 is 0 Å². The number of amides is 1. The van der Waals surface area contributed by atoms with Crippen molar-refractivity contribution < 1.29 is 9.53 Å². The zero-order valence-corrected chi connectivity index (χ0v) is 12.3. The van der Waals surface area contributed by atoms with E-state index in [1.54, 1.807) is 6.07 Å². The number of aryl methyl sites for hydroxylation is 1. The van der Waals surface area contributed by atoms with Crippen LogP contribution in [0.25, 0.3) is 0 Å². The Bertz CT molecular complexity index is 638. The molecule has 0 aliphatic rings. The van der Waals surface area contributed by atoms with Crippen molar-refractivity contribution in [3.63, 3.8) is 0 Å². The number of anilines is 1. The van der Waals surface area contributed by atoms with Crippen molar-refractivity contribution in [1.29, 1.82) is 0 Å². The number of nitrogens with two attached hydrogens (primary N) is 1. The van der Waals surface area contributed by atoms with E-state index >= 15 is 0 Å². The summed E-state index contributed by atoms with van der Waals surface area (Å²) in [6.45, 7) is 4.75. The highest BCUT2D eigenvalue weighted by Crippen LogP contribution is 2.19. The van der Waals surface area contributed by atoms with Gasteiger partial charge in [-0.3, -0.25) is 4.79 Å². The lowest BCUT2D eigenvalue weighted by Crippen LogP contribution is -2.28. The number of carbonyl (C=O) groups excluding carboxylic acids is 1. The molecule has 2 aromatic rings. The summed E-state index contributed by atoms with van der Waals surface area (Å²) in [5.41, 5.74) is 9.19. The van der Waals surface area contributed by atoms with Gasteiger partial charge in [-0.2, -0.15) is 0 Å². The summed E-state index contributed by atoms with van der Waals surface area (Å²) in [4.78, 5) is 12.1. The third kappa shape index (κ3) is 3.75. The number of ether oxygens (including phenoxy) is 1. The van der Waals surface area contributed by atoms with Crippen molar-refractivity contribution in [2.45, 2.75) is 13.8 Å². The number of carbonyl (C=O) groups is 1. The first kappa shape index (κ1) is 14.9. The van der Waals surface area contributed by atoms with Crippen molar-refractivity contribution in [1.82, 2.24) is 5.32 Å². The molecular weight excluding hydrogens is 264 g/mol. The monoisotopic (exact) mass is 284 g/mol. The molecule has 0 heterocycles. The first-order chi connectivity index (χ1) is 10.1. The maximum atomic E-state index is 12.1.